The number of rotatable bonds is 1. The number of anilines is 1. The van der Waals surface area contributed by atoms with E-state index >= 15 is 0 Å². The number of hydrogen-bond donors (Lipinski definition) is 1. The first kappa shape index (κ1) is 10.2. The highest BCUT2D eigenvalue weighted by Gasteiger charge is 2.13. The third-order valence-corrected chi connectivity index (χ3v) is 2.99. The summed E-state index contributed by atoms with van der Waals surface area (Å²) in [6.45, 7) is 3.93. The van der Waals surface area contributed by atoms with Crippen LogP contribution in [0.5, 0.6) is 0 Å². The lowest BCUT2D eigenvalue weighted by Gasteiger charge is -2.02. The van der Waals surface area contributed by atoms with E-state index in [2.05, 4.69) is 21.1 Å². The Balaban J connectivity index is 2.59. The zero-order valence-electron chi connectivity index (χ0n) is 8.54. The Labute approximate surface area is 96.4 Å². The van der Waals surface area contributed by atoms with Gasteiger partial charge in [0.1, 0.15) is 0 Å². The van der Waals surface area contributed by atoms with E-state index in [1.807, 2.05) is 32.0 Å². The van der Waals surface area contributed by atoms with Gasteiger partial charge in [-0.2, -0.15) is 0 Å². The van der Waals surface area contributed by atoms with Crippen molar-refractivity contribution in [3.8, 4) is 11.3 Å². The molecular weight excluding hydrogens is 256 g/mol. The lowest BCUT2D eigenvalue weighted by Crippen LogP contribution is -1.87. The fourth-order valence-corrected chi connectivity index (χ4v) is 2.08. The molecule has 4 heteroatoms. The predicted octanol–water partition coefficient (Wildman–Crippen LogP) is 3.30. The summed E-state index contributed by atoms with van der Waals surface area (Å²) in [7, 11) is 0. The van der Waals surface area contributed by atoms with Crippen LogP contribution in [0.4, 0.5) is 5.82 Å². The fraction of sp³-hybridized carbons (Fsp3) is 0.182. The number of aryl methyl sites for hydroxylation is 1. The highest BCUT2D eigenvalue weighted by molar-refractivity contribution is 9.10. The van der Waals surface area contributed by atoms with Gasteiger partial charge in [-0.1, -0.05) is 27.2 Å². The third-order valence-electron chi connectivity index (χ3n) is 2.33. The van der Waals surface area contributed by atoms with Crippen molar-refractivity contribution in [1.29, 1.82) is 0 Å². The average molecular weight is 267 g/mol. The Kier molecular flexibility index (Phi) is 2.52. The first-order valence-corrected chi connectivity index (χ1v) is 5.37. The maximum absolute atomic E-state index is 5.64. The number of benzene rings is 1. The summed E-state index contributed by atoms with van der Waals surface area (Å²) in [6.07, 6.45) is 0. The van der Waals surface area contributed by atoms with E-state index in [1.54, 1.807) is 0 Å². The number of nitrogen functional groups attached to an aromatic ring is 1. The molecule has 2 N–H and O–H groups in total. The summed E-state index contributed by atoms with van der Waals surface area (Å²) in [5.41, 5.74) is 8.68. The number of nitrogens with zero attached hydrogens (tertiary/aromatic N) is 1. The normalized spacial score (nSPS) is 10.6. The van der Waals surface area contributed by atoms with Crippen molar-refractivity contribution in [2.45, 2.75) is 13.8 Å². The summed E-state index contributed by atoms with van der Waals surface area (Å²) < 4.78 is 6.18. The molecule has 2 aromatic rings. The Morgan fingerprint density at radius 3 is 2.60 bits per heavy atom. The van der Waals surface area contributed by atoms with Crippen LogP contribution in [0.1, 0.15) is 11.1 Å². The van der Waals surface area contributed by atoms with Gasteiger partial charge in [-0.3, -0.25) is 0 Å². The molecule has 0 aliphatic heterocycles. The predicted molar refractivity (Wildman–Crippen MR) is 63.5 cm³/mol. The topological polar surface area (TPSA) is 52.0 Å². The SMILES string of the molecule is Cc1ccc(-c2onc(N)c2C)c(Br)c1. The molecule has 0 unspecified atom stereocenters. The van der Waals surface area contributed by atoms with Gasteiger partial charge in [0.15, 0.2) is 11.6 Å². The van der Waals surface area contributed by atoms with Crippen LogP contribution in [0.25, 0.3) is 11.3 Å². The molecular formula is C11H11BrN2O. The lowest BCUT2D eigenvalue weighted by molar-refractivity contribution is 0.435. The number of nitrogens with two attached hydrogens (primary N) is 1. The average Bonchev–Trinajstić information content (AvgIpc) is 2.49. The quantitative estimate of drug-likeness (QED) is 0.862. The minimum atomic E-state index is 0.442. The van der Waals surface area contributed by atoms with E-state index < -0.39 is 0 Å². The van der Waals surface area contributed by atoms with Crippen molar-refractivity contribution in [1.82, 2.24) is 5.16 Å². The number of hydrogen-bond acceptors (Lipinski definition) is 3. The molecule has 78 valence electrons. The third kappa shape index (κ3) is 1.77. The van der Waals surface area contributed by atoms with Crippen molar-refractivity contribution in [2.24, 2.45) is 0 Å². The van der Waals surface area contributed by atoms with Gasteiger partial charge in [-0.15, -0.1) is 0 Å². The molecule has 0 saturated heterocycles. The van der Waals surface area contributed by atoms with Crippen molar-refractivity contribution in [3.05, 3.63) is 33.8 Å². The second-order valence-electron chi connectivity index (χ2n) is 3.51. The van der Waals surface area contributed by atoms with Crippen molar-refractivity contribution < 1.29 is 4.52 Å². The molecule has 0 fully saturated rings. The van der Waals surface area contributed by atoms with Crippen LogP contribution in [0.15, 0.2) is 27.2 Å². The van der Waals surface area contributed by atoms with Gasteiger partial charge in [-0.05, 0) is 31.5 Å². The van der Waals surface area contributed by atoms with Gasteiger partial charge in [0.2, 0.25) is 0 Å². The summed E-state index contributed by atoms with van der Waals surface area (Å²) in [5.74, 6) is 1.16. The van der Waals surface area contributed by atoms with E-state index in [-0.39, 0.29) is 0 Å². The minimum Gasteiger partial charge on any atom is -0.381 e. The van der Waals surface area contributed by atoms with Crippen LogP contribution in [-0.4, -0.2) is 5.16 Å². The Bertz CT molecular complexity index is 505. The molecule has 0 saturated carbocycles. The molecule has 0 amide bonds. The van der Waals surface area contributed by atoms with E-state index in [9.17, 15) is 0 Å². The number of aromatic nitrogens is 1. The molecule has 0 bridgehead atoms. The standard InChI is InChI=1S/C11H11BrN2O/c1-6-3-4-8(9(12)5-6)10-7(2)11(13)14-15-10/h3-5H,1-2H3,(H2,13,14). The van der Waals surface area contributed by atoms with E-state index in [4.69, 9.17) is 10.3 Å². The van der Waals surface area contributed by atoms with Gasteiger partial charge in [-0.25, -0.2) is 0 Å². The Morgan fingerprint density at radius 2 is 2.07 bits per heavy atom. The first-order valence-electron chi connectivity index (χ1n) is 4.58. The van der Waals surface area contributed by atoms with Gasteiger partial charge in [0.05, 0.1) is 0 Å². The van der Waals surface area contributed by atoms with E-state index in [0.29, 0.717) is 5.82 Å². The maximum Gasteiger partial charge on any atom is 0.173 e. The van der Waals surface area contributed by atoms with Crippen LogP contribution in [-0.2, 0) is 0 Å². The van der Waals surface area contributed by atoms with Gasteiger partial charge < -0.3 is 10.3 Å². The second-order valence-corrected chi connectivity index (χ2v) is 4.36. The number of halogens is 1. The highest BCUT2D eigenvalue weighted by atomic mass is 79.9. The van der Waals surface area contributed by atoms with E-state index in [0.717, 1.165) is 21.4 Å². The van der Waals surface area contributed by atoms with Gasteiger partial charge in [0, 0.05) is 15.6 Å². The largest absolute Gasteiger partial charge is 0.381 e. The highest BCUT2D eigenvalue weighted by Crippen LogP contribution is 2.33. The molecule has 1 aromatic heterocycles. The molecule has 0 atom stereocenters. The molecule has 15 heavy (non-hydrogen) atoms. The summed E-state index contributed by atoms with van der Waals surface area (Å²) in [5, 5.41) is 3.74. The zero-order valence-corrected chi connectivity index (χ0v) is 10.1. The van der Waals surface area contributed by atoms with Crippen molar-refractivity contribution in [2.75, 3.05) is 5.73 Å². The Hall–Kier alpha value is -1.29. The Morgan fingerprint density at radius 1 is 1.33 bits per heavy atom. The first-order chi connectivity index (χ1) is 7.09. The lowest BCUT2D eigenvalue weighted by atomic mass is 10.1. The van der Waals surface area contributed by atoms with Crippen molar-refractivity contribution >= 4 is 21.7 Å². The van der Waals surface area contributed by atoms with E-state index in [1.165, 1.54) is 5.56 Å². The van der Waals surface area contributed by atoms with Gasteiger partial charge >= 0.3 is 0 Å². The second kappa shape index (κ2) is 3.70. The fourth-order valence-electron chi connectivity index (χ4n) is 1.40. The summed E-state index contributed by atoms with van der Waals surface area (Å²) in [4.78, 5) is 0. The summed E-state index contributed by atoms with van der Waals surface area (Å²) >= 11 is 3.50. The molecule has 3 nitrogen and oxygen atoms in total. The van der Waals surface area contributed by atoms with Gasteiger partial charge in [0.25, 0.3) is 0 Å². The molecule has 2 rings (SSSR count). The smallest absolute Gasteiger partial charge is 0.173 e. The molecule has 0 radical (unpaired) electrons. The van der Waals surface area contributed by atoms with Crippen LogP contribution in [0, 0.1) is 13.8 Å². The molecule has 0 spiro atoms. The van der Waals surface area contributed by atoms with Crippen molar-refractivity contribution in [3.63, 3.8) is 0 Å². The monoisotopic (exact) mass is 266 g/mol. The van der Waals surface area contributed by atoms with Crippen LogP contribution in [0.3, 0.4) is 0 Å². The maximum atomic E-state index is 5.64. The van der Waals surface area contributed by atoms with Crippen LogP contribution >= 0.6 is 15.9 Å². The van der Waals surface area contributed by atoms with Crippen LogP contribution < -0.4 is 5.73 Å². The summed E-state index contributed by atoms with van der Waals surface area (Å²) in [6, 6.07) is 6.05. The molecule has 0 aliphatic rings. The molecule has 0 aliphatic carbocycles. The van der Waals surface area contributed by atoms with Crippen LogP contribution in [0.2, 0.25) is 0 Å². The zero-order chi connectivity index (χ0) is 11.0. The minimum absolute atomic E-state index is 0.442. The molecule has 1 aromatic carbocycles. The molecule has 1 heterocycles.